The van der Waals surface area contributed by atoms with Gasteiger partial charge in [-0.15, -0.1) is 0 Å². The van der Waals surface area contributed by atoms with E-state index in [-0.39, 0.29) is 23.9 Å². The molecule has 2 aliphatic rings. The van der Waals surface area contributed by atoms with Crippen LogP contribution in [0.4, 0.5) is 0 Å². The van der Waals surface area contributed by atoms with Crippen LogP contribution in [0.25, 0.3) is 0 Å². The third kappa shape index (κ3) is 1.91. The first-order valence-corrected chi connectivity index (χ1v) is 5.48. The molecular formula is C10H19N3O. The molecule has 4 nitrogen and oxygen atoms in total. The van der Waals surface area contributed by atoms with Crippen molar-refractivity contribution in [3.05, 3.63) is 0 Å². The summed E-state index contributed by atoms with van der Waals surface area (Å²) in [5.74, 6) is 0.716. The van der Waals surface area contributed by atoms with Crippen LogP contribution in [0.3, 0.4) is 0 Å². The molecular weight excluding hydrogens is 178 g/mol. The Morgan fingerprint density at radius 3 is 2.71 bits per heavy atom. The van der Waals surface area contributed by atoms with Gasteiger partial charge < -0.3 is 16.8 Å². The Bertz CT molecular complexity index is 231. The van der Waals surface area contributed by atoms with Crippen LogP contribution in [0.15, 0.2) is 0 Å². The zero-order valence-electron chi connectivity index (χ0n) is 8.41. The Hall–Kier alpha value is -0.610. The summed E-state index contributed by atoms with van der Waals surface area (Å²) in [4.78, 5) is 11.8. The van der Waals surface area contributed by atoms with Gasteiger partial charge in [-0.05, 0) is 31.7 Å². The van der Waals surface area contributed by atoms with Crippen LogP contribution in [-0.4, -0.2) is 24.5 Å². The van der Waals surface area contributed by atoms with Crippen LogP contribution in [0, 0.1) is 11.8 Å². The SMILES string of the molecule is NC[C@H]1CCC[C@H]1C(=O)NC1CC1N. The molecule has 0 aromatic carbocycles. The summed E-state index contributed by atoms with van der Waals surface area (Å²) in [5.41, 5.74) is 11.3. The number of carbonyl (C=O) groups excluding carboxylic acids is 1. The number of hydrogen-bond donors (Lipinski definition) is 3. The van der Waals surface area contributed by atoms with E-state index in [4.69, 9.17) is 11.5 Å². The second-order valence-corrected chi connectivity index (χ2v) is 4.55. The highest BCUT2D eigenvalue weighted by molar-refractivity contribution is 5.80. The highest BCUT2D eigenvalue weighted by atomic mass is 16.2. The summed E-state index contributed by atoms with van der Waals surface area (Å²) in [6.07, 6.45) is 4.17. The van der Waals surface area contributed by atoms with Crippen molar-refractivity contribution in [2.45, 2.75) is 37.8 Å². The monoisotopic (exact) mass is 197 g/mol. The van der Waals surface area contributed by atoms with Gasteiger partial charge in [-0.25, -0.2) is 0 Å². The average molecular weight is 197 g/mol. The van der Waals surface area contributed by atoms with Crippen LogP contribution in [-0.2, 0) is 4.79 Å². The van der Waals surface area contributed by atoms with Crippen molar-refractivity contribution in [1.29, 1.82) is 0 Å². The van der Waals surface area contributed by atoms with Crippen molar-refractivity contribution in [2.24, 2.45) is 23.3 Å². The maximum atomic E-state index is 11.8. The zero-order valence-corrected chi connectivity index (χ0v) is 8.41. The molecule has 2 rings (SSSR count). The van der Waals surface area contributed by atoms with Crippen LogP contribution in [0.2, 0.25) is 0 Å². The van der Waals surface area contributed by atoms with Crippen molar-refractivity contribution in [3.8, 4) is 0 Å². The standard InChI is InChI=1S/C10H19N3O/c11-5-6-2-1-3-7(6)10(14)13-9-4-8(9)12/h6-9H,1-5,11-12H2,(H,13,14)/t6-,7-,8?,9?/m1/s1. The van der Waals surface area contributed by atoms with Crippen molar-refractivity contribution >= 4 is 5.91 Å². The molecule has 0 aliphatic heterocycles. The molecule has 0 aromatic rings. The molecule has 5 N–H and O–H groups in total. The van der Waals surface area contributed by atoms with E-state index in [2.05, 4.69) is 5.32 Å². The lowest BCUT2D eigenvalue weighted by atomic mass is 9.95. The first-order chi connectivity index (χ1) is 6.72. The smallest absolute Gasteiger partial charge is 0.223 e. The quantitative estimate of drug-likeness (QED) is 0.574. The second kappa shape index (κ2) is 3.87. The minimum Gasteiger partial charge on any atom is -0.351 e. The molecule has 2 saturated carbocycles. The van der Waals surface area contributed by atoms with Gasteiger partial charge in [0, 0.05) is 18.0 Å². The minimum absolute atomic E-state index is 0.146. The Kier molecular flexibility index (Phi) is 2.74. The summed E-state index contributed by atoms with van der Waals surface area (Å²) in [6.45, 7) is 0.634. The van der Waals surface area contributed by atoms with Gasteiger partial charge in [-0.1, -0.05) is 6.42 Å². The van der Waals surface area contributed by atoms with Crippen LogP contribution >= 0.6 is 0 Å². The fourth-order valence-corrected chi connectivity index (χ4v) is 2.33. The summed E-state index contributed by atoms with van der Waals surface area (Å²) in [7, 11) is 0. The molecule has 0 heterocycles. The molecule has 1 amide bonds. The van der Waals surface area contributed by atoms with E-state index in [0.717, 1.165) is 25.7 Å². The molecule has 2 aliphatic carbocycles. The summed E-state index contributed by atoms with van der Waals surface area (Å²) in [6, 6.07) is 0.429. The van der Waals surface area contributed by atoms with E-state index in [0.29, 0.717) is 12.5 Å². The largest absolute Gasteiger partial charge is 0.351 e. The molecule has 2 unspecified atom stereocenters. The molecule has 0 aromatic heterocycles. The molecule has 4 heteroatoms. The lowest BCUT2D eigenvalue weighted by molar-refractivity contribution is -0.126. The highest BCUT2D eigenvalue weighted by Gasteiger charge is 2.38. The summed E-state index contributed by atoms with van der Waals surface area (Å²) < 4.78 is 0. The van der Waals surface area contributed by atoms with E-state index < -0.39 is 0 Å². The molecule has 4 atom stereocenters. The van der Waals surface area contributed by atoms with E-state index >= 15 is 0 Å². The Labute approximate surface area is 84.4 Å². The maximum absolute atomic E-state index is 11.8. The van der Waals surface area contributed by atoms with E-state index in [9.17, 15) is 4.79 Å². The first kappa shape index (κ1) is 9.93. The Morgan fingerprint density at radius 1 is 1.43 bits per heavy atom. The van der Waals surface area contributed by atoms with Gasteiger partial charge in [0.1, 0.15) is 0 Å². The fourth-order valence-electron chi connectivity index (χ4n) is 2.33. The lowest BCUT2D eigenvalue weighted by Crippen LogP contribution is -2.38. The molecule has 80 valence electrons. The normalized spacial score (nSPS) is 41.0. The van der Waals surface area contributed by atoms with Crippen molar-refractivity contribution in [1.82, 2.24) is 5.32 Å². The molecule has 14 heavy (non-hydrogen) atoms. The molecule has 2 fully saturated rings. The fraction of sp³-hybridized carbons (Fsp3) is 0.900. The molecule has 0 bridgehead atoms. The van der Waals surface area contributed by atoms with Gasteiger partial charge in [0.2, 0.25) is 5.91 Å². The van der Waals surface area contributed by atoms with Gasteiger partial charge in [-0.2, -0.15) is 0 Å². The predicted molar refractivity (Wildman–Crippen MR) is 54.4 cm³/mol. The average Bonchev–Trinajstić information content (AvgIpc) is 2.72. The first-order valence-electron chi connectivity index (χ1n) is 5.48. The lowest BCUT2D eigenvalue weighted by Gasteiger charge is -2.17. The van der Waals surface area contributed by atoms with Gasteiger partial charge in [0.25, 0.3) is 0 Å². The number of nitrogens with one attached hydrogen (secondary N) is 1. The number of amides is 1. The molecule has 0 saturated heterocycles. The van der Waals surface area contributed by atoms with Crippen LogP contribution in [0.5, 0.6) is 0 Å². The Morgan fingerprint density at radius 2 is 2.14 bits per heavy atom. The van der Waals surface area contributed by atoms with Gasteiger partial charge in [0.05, 0.1) is 0 Å². The second-order valence-electron chi connectivity index (χ2n) is 4.55. The van der Waals surface area contributed by atoms with E-state index in [1.54, 1.807) is 0 Å². The number of carbonyl (C=O) groups is 1. The summed E-state index contributed by atoms with van der Waals surface area (Å²) in [5, 5.41) is 2.99. The van der Waals surface area contributed by atoms with Crippen molar-refractivity contribution in [2.75, 3.05) is 6.54 Å². The third-order valence-electron chi connectivity index (χ3n) is 3.47. The van der Waals surface area contributed by atoms with Crippen LogP contribution < -0.4 is 16.8 Å². The van der Waals surface area contributed by atoms with Gasteiger partial charge in [0.15, 0.2) is 0 Å². The molecule has 0 spiro atoms. The molecule has 0 radical (unpaired) electrons. The van der Waals surface area contributed by atoms with Gasteiger partial charge >= 0.3 is 0 Å². The maximum Gasteiger partial charge on any atom is 0.223 e. The zero-order chi connectivity index (χ0) is 10.1. The minimum atomic E-state index is 0.146. The highest BCUT2D eigenvalue weighted by Crippen LogP contribution is 2.31. The van der Waals surface area contributed by atoms with Crippen molar-refractivity contribution < 1.29 is 4.79 Å². The van der Waals surface area contributed by atoms with Crippen LogP contribution in [0.1, 0.15) is 25.7 Å². The number of hydrogen-bond acceptors (Lipinski definition) is 3. The predicted octanol–water partition coefficient (Wildman–Crippen LogP) is -0.423. The Balaban J connectivity index is 1.84. The number of nitrogens with two attached hydrogens (primary N) is 2. The van der Waals surface area contributed by atoms with Crippen molar-refractivity contribution in [3.63, 3.8) is 0 Å². The van der Waals surface area contributed by atoms with E-state index in [1.165, 1.54) is 0 Å². The van der Waals surface area contributed by atoms with Gasteiger partial charge in [-0.3, -0.25) is 4.79 Å². The third-order valence-corrected chi connectivity index (χ3v) is 3.47. The van der Waals surface area contributed by atoms with E-state index in [1.807, 2.05) is 0 Å². The summed E-state index contributed by atoms with van der Waals surface area (Å²) >= 11 is 0. The topological polar surface area (TPSA) is 81.1 Å². The number of rotatable bonds is 3.